The number of halogens is 1. The molecule has 0 atom stereocenters. The monoisotopic (exact) mass is 529 g/mol. The molecule has 11 heteroatoms. The number of carbonyl (C=O) groups excluding carboxylic acids is 2. The number of benzene rings is 1. The Kier molecular flexibility index (Phi) is 7.43. The van der Waals surface area contributed by atoms with Crippen LogP contribution in [0, 0.1) is 0 Å². The second kappa shape index (κ2) is 10.3. The van der Waals surface area contributed by atoms with Crippen molar-refractivity contribution < 1.29 is 23.8 Å². The number of amides is 2. The second-order valence-electron chi connectivity index (χ2n) is 10.9. The van der Waals surface area contributed by atoms with Gasteiger partial charge >= 0.3 is 12.2 Å². The van der Waals surface area contributed by atoms with Gasteiger partial charge in [0, 0.05) is 18.8 Å². The molecule has 1 fully saturated rings. The van der Waals surface area contributed by atoms with Crippen molar-refractivity contribution in [3.8, 4) is 11.3 Å². The standard InChI is InChI=1S/C26H32ClN5O5/c1-25(2,3)36-23(33)31(24(34)37-26(4,5)6)17-9-7-16(8-10-17)20-19-15-28-32(18-11-13-35-14-12-18)21(19)30-22(27)29-20/h7-10,15,18H,11-14H2,1-6H3. The molecule has 0 aliphatic carbocycles. The van der Waals surface area contributed by atoms with E-state index in [0.29, 0.717) is 30.2 Å². The molecule has 0 spiro atoms. The molecule has 2 aromatic heterocycles. The first-order valence-electron chi connectivity index (χ1n) is 12.2. The van der Waals surface area contributed by atoms with Crippen LogP contribution >= 0.6 is 11.6 Å². The van der Waals surface area contributed by atoms with E-state index in [2.05, 4.69) is 15.1 Å². The third-order valence-electron chi connectivity index (χ3n) is 5.51. The summed E-state index contributed by atoms with van der Waals surface area (Å²) in [5.74, 6) is 0. The van der Waals surface area contributed by atoms with Gasteiger partial charge in [-0.1, -0.05) is 12.1 Å². The van der Waals surface area contributed by atoms with E-state index >= 15 is 0 Å². The molecule has 1 aliphatic heterocycles. The summed E-state index contributed by atoms with van der Waals surface area (Å²) in [4.78, 5) is 35.7. The van der Waals surface area contributed by atoms with Crippen LogP contribution in [0.1, 0.15) is 60.4 Å². The average Bonchev–Trinajstić information content (AvgIpc) is 3.21. The minimum atomic E-state index is -0.834. The molecule has 3 heterocycles. The third kappa shape index (κ3) is 6.37. The van der Waals surface area contributed by atoms with Gasteiger partial charge < -0.3 is 14.2 Å². The first-order chi connectivity index (χ1) is 17.3. The highest BCUT2D eigenvalue weighted by atomic mass is 35.5. The highest BCUT2D eigenvalue weighted by molar-refractivity contribution is 6.28. The van der Waals surface area contributed by atoms with Crippen molar-refractivity contribution in [1.29, 1.82) is 0 Å². The van der Waals surface area contributed by atoms with E-state index in [9.17, 15) is 9.59 Å². The molecule has 1 aliphatic rings. The van der Waals surface area contributed by atoms with Crippen molar-refractivity contribution in [2.75, 3.05) is 18.1 Å². The number of aromatic nitrogens is 4. The summed E-state index contributed by atoms with van der Waals surface area (Å²) in [7, 11) is 0. The van der Waals surface area contributed by atoms with Gasteiger partial charge in [-0.15, -0.1) is 0 Å². The predicted molar refractivity (Wildman–Crippen MR) is 140 cm³/mol. The van der Waals surface area contributed by atoms with Gasteiger partial charge in [0.25, 0.3) is 0 Å². The number of carbonyl (C=O) groups is 2. The van der Waals surface area contributed by atoms with Crippen LogP contribution in [0.3, 0.4) is 0 Å². The number of anilines is 1. The molecular formula is C26H32ClN5O5. The van der Waals surface area contributed by atoms with E-state index in [0.717, 1.165) is 28.7 Å². The molecule has 0 saturated carbocycles. The summed E-state index contributed by atoms with van der Waals surface area (Å²) < 4.78 is 18.3. The molecule has 198 valence electrons. The summed E-state index contributed by atoms with van der Waals surface area (Å²) in [5, 5.41) is 5.43. The van der Waals surface area contributed by atoms with Crippen LogP contribution < -0.4 is 4.90 Å². The van der Waals surface area contributed by atoms with Gasteiger partial charge in [0.15, 0.2) is 5.65 Å². The Hall–Kier alpha value is -3.24. The number of hydrogen-bond donors (Lipinski definition) is 0. The second-order valence-corrected chi connectivity index (χ2v) is 11.2. The fourth-order valence-corrected chi connectivity index (χ4v) is 4.15. The summed E-state index contributed by atoms with van der Waals surface area (Å²) in [5.41, 5.74) is 0.659. The highest BCUT2D eigenvalue weighted by Crippen LogP contribution is 2.32. The molecular weight excluding hydrogens is 498 g/mol. The van der Waals surface area contributed by atoms with Crippen LogP contribution in [-0.2, 0) is 14.2 Å². The van der Waals surface area contributed by atoms with Crippen molar-refractivity contribution in [2.45, 2.75) is 71.6 Å². The van der Waals surface area contributed by atoms with E-state index in [1.807, 2.05) is 4.68 Å². The zero-order chi connectivity index (χ0) is 27.0. The Morgan fingerprint density at radius 3 is 2.08 bits per heavy atom. The Labute approximate surface area is 220 Å². The molecule has 4 rings (SSSR count). The molecule has 10 nitrogen and oxygen atoms in total. The lowest BCUT2D eigenvalue weighted by molar-refractivity contribution is 0.0430. The number of fused-ring (bicyclic) bond motifs is 1. The van der Waals surface area contributed by atoms with Crippen molar-refractivity contribution in [1.82, 2.24) is 19.7 Å². The molecule has 0 radical (unpaired) electrons. The van der Waals surface area contributed by atoms with E-state index in [1.54, 1.807) is 72.0 Å². The van der Waals surface area contributed by atoms with Crippen LogP contribution in [0.5, 0.6) is 0 Å². The molecule has 37 heavy (non-hydrogen) atoms. The Balaban J connectivity index is 1.69. The minimum Gasteiger partial charge on any atom is -0.443 e. The van der Waals surface area contributed by atoms with Crippen LogP contribution in [0.4, 0.5) is 15.3 Å². The quantitative estimate of drug-likeness (QED) is 0.370. The van der Waals surface area contributed by atoms with Gasteiger partial charge in [0.05, 0.1) is 29.0 Å². The van der Waals surface area contributed by atoms with Gasteiger partial charge in [-0.2, -0.15) is 15.0 Å². The maximum absolute atomic E-state index is 13.0. The zero-order valence-corrected chi connectivity index (χ0v) is 22.7. The smallest absolute Gasteiger partial charge is 0.424 e. The lowest BCUT2D eigenvalue weighted by atomic mass is 10.1. The van der Waals surface area contributed by atoms with Crippen LogP contribution in [-0.4, -0.2) is 56.4 Å². The number of imide groups is 1. The molecule has 1 saturated heterocycles. The molecule has 0 bridgehead atoms. The summed E-state index contributed by atoms with van der Waals surface area (Å²) >= 11 is 6.31. The van der Waals surface area contributed by atoms with Gasteiger partial charge in [-0.25, -0.2) is 19.3 Å². The zero-order valence-electron chi connectivity index (χ0n) is 21.9. The molecule has 3 aromatic rings. The van der Waals surface area contributed by atoms with Gasteiger partial charge in [-0.3, -0.25) is 0 Å². The van der Waals surface area contributed by atoms with Gasteiger partial charge in [0.1, 0.15) is 11.2 Å². The predicted octanol–water partition coefficient (Wildman–Crippen LogP) is 6.17. The number of hydrogen-bond acceptors (Lipinski definition) is 8. The van der Waals surface area contributed by atoms with E-state index in [4.69, 9.17) is 25.8 Å². The van der Waals surface area contributed by atoms with Gasteiger partial charge in [0.2, 0.25) is 5.28 Å². The first kappa shape index (κ1) is 26.8. The van der Waals surface area contributed by atoms with E-state index in [1.165, 1.54) is 0 Å². The van der Waals surface area contributed by atoms with Crippen LogP contribution in [0.15, 0.2) is 30.5 Å². The van der Waals surface area contributed by atoms with Gasteiger partial charge in [-0.05, 0) is 78.1 Å². The van der Waals surface area contributed by atoms with Crippen LogP contribution in [0.25, 0.3) is 22.3 Å². The lowest BCUT2D eigenvalue weighted by Gasteiger charge is -2.28. The molecule has 0 N–H and O–H groups in total. The lowest BCUT2D eigenvalue weighted by Crippen LogP contribution is -2.43. The Bertz CT molecular complexity index is 1260. The maximum Gasteiger partial charge on any atom is 0.424 e. The SMILES string of the molecule is CC(C)(C)OC(=O)N(C(=O)OC(C)(C)C)c1ccc(-c2nc(Cl)nc3c2cnn3C2CCOCC2)cc1. The van der Waals surface area contributed by atoms with Crippen molar-refractivity contribution >= 4 is 40.5 Å². The fraction of sp³-hybridized carbons (Fsp3) is 0.500. The summed E-state index contributed by atoms with van der Waals surface area (Å²) in [6, 6.07) is 6.94. The van der Waals surface area contributed by atoms with Crippen LogP contribution in [0.2, 0.25) is 5.28 Å². The largest absolute Gasteiger partial charge is 0.443 e. The summed E-state index contributed by atoms with van der Waals surface area (Å²) in [6.45, 7) is 11.7. The number of nitrogens with zero attached hydrogens (tertiary/aromatic N) is 5. The fourth-order valence-electron chi connectivity index (χ4n) is 3.98. The minimum absolute atomic E-state index is 0.101. The highest BCUT2D eigenvalue weighted by Gasteiger charge is 2.32. The van der Waals surface area contributed by atoms with E-state index in [-0.39, 0.29) is 11.3 Å². The normalized spacial score (nSPS) is 15.0. The third-order valence-corrected chi connectivity index (χ3v) is 5.68. The topological polar surface area (TPSA) is 109 Å². The van der Waals surface area contributed by atoms with Crippen molar-refractivity contribution in [3.63, 3.8) is 0 Å². The molecule has 2 amide bonds. The average molecular weight is 530 g/mol. The van der Waals surface area contributed by atoms with Crippen molar-refractivity contribution in [2.24, 2.45) is 0 Å². The first-order valence-corrected chi connectivity index (χ1v) is 12.6. The Morgan fingerprint density at radius 1 is 0.973 bits per heavy atom. The molecule has 1 aromatic carbocycles. The molecule has 0 unspecified atom stereocenters. The van der Waals surface area contributed by atoms with Crippen molar-refractivity contribution in [3.05, 3.63) is 35.7 Å². The number of rotatable bonds is 3. The van der Waals surface area contributed by atoms with E-state index < -0.39 is 23.4 Å². The Morgan fingerprint density at radius 2 is 1.54 bits per heavy atom. The number of ether oxygens (including phenoxy) is 3. The maximum atomic E-state index is 13.0. The summed E-state index contributed by atoms with van der Waals surface area (Å²) in [6.07, 6.45) is 1.75.